The van der Waals surface area contributed by atoms with Crippen LogP contribution in [0.1, 0.15) is 5.69 Å². The Kier molecular flexibility index (Phi) is 6.83. The van der Waals surface area contributed by atoms with Crippen LogP contribution in [0.2, 0.25) is 0 Å². The summed E-state index contributed by atoms with van der Waals surface area (Å²) in [5.41, 5.74) is 1.50. The van der Waals surface area contributed by atoms with Crippen LogP contribution in [0.25, 0.3) is 10.8 Å². The molecule has 0 atom stereocenters. The van der Waals surface area contributed by atoms with Gasteiger partial charge in [-0.05, 0) is 12.1 Å². The van der Waals surface area contributed by atoms with E-state index in [2.05, 4.69) is 10.3 Å². The first-order chi connectivity index (χ1) is 13.6. The molecule has 2 heterocycles. The second-order valence-corrected chi connectivity index (χ2v) is 7.42. The van der Waals surface area contributed by atoms with Crippen molar-refractivity contribution < 1.29 is 23.4 Å². The molecule has 9 heteroatoms. The lowest BCUT2D eigenvalue weighted by atomic mass is 10.2. The third-order valence-electron chi connectivity index (χ3n) is 3.72. The van der Waals surface area contributed by atoms with Gasteiger partial charge in [-0.1, -0.05) is 0 Å². The van der Waals surface area contributed by atoms with Gasteiger partial charge in [0.05, 0.1) is 39.0 Å². The van der Waals surface area contributed by atoms with Gasteiger partial charge in [-0.15, -0.1) is 23.1 Å². The molecule has 3 rings (SSSR count). The lowest BCUT2D eigenvalue weighted by molar-refractivity contribution is -0.113. The highest BCUT2D eigenvalue weighted by molar-refractivity contribution is 7.99. The Labute approximate surface area is 171 Å². The monoisotopic (exact) mass is 420 g/mol. The second kappa shape index (κ2) is 9.52. The van der Waals surface area contributed by atoms with Crippen LogP contribution in [0, 0.1) is 0 Å². The first-order valence-corrected chi connectivity index (χ1v) is 10.3. The quantitative estimate of drug-likeness (QED) is 0.552. The van der Waals surface area contributed by atoms with E-state index in [-0.39, 0.29) is 5.91 Å². The first kappa shape index (κ1) is 20.1. The molecular formula is C19H20N2O5S2. The molecule has 7 nitrogen and oxygen atoms in total. The maximum atomic E-state index is 12.3. The van der Waals surface area contributed by atoms with Gasteiger partial charge < -0.3 is 23.9 Å². The first-order valence-electron chi connectivity index (χ1n) is 8.30. The van der Waals surface area contributed by atoms with Crippen molar-refractivity contribution in [1.82, 2.24) is 4.98 Å². The Morgan fingerprint density at radius 1 is 1.21 bits per heavy atom. The maximum Gasteiger partial charge on any atom is 0.234 e. The van der Waals surface area contributed by atoms with Gasteiger partial charge >= 0.3 is 0 Å². The molecule has 0 aliphatic heterocycles. The number of anilines is 1. The minimum Gasteiger partial charge on any atom is -0.493 e. The normalized spacial score (nSPS) is 10.5. The zero-order chi connectivity index (χ0) is 19.9. The SMILES string of the molecule is COc1cc(NC(=O)CSCc2csc(-c3ccco3)n2)cc(OC)c1OC. The zero-order valence-corrected chi connectivity index (χ0v) is 17.3. The maximum absolute atomic E-state index is 12.3. The van der Waals surface area contributed by atoms with Gasteiger partial charge in [0, 0.05) is 29.0 Å². The van der Waals surface area contributed by atoms with E-state index in [0.29, 0.717) is 34.4 Å². The van der Waals surface area contributed by atoms with Crippen LogP contribution >= 0.6 is 23.1 Å². The molecule has 0 saturated heterocycles. The molecule has 0 bridgehead atoms. The Hall–Kier alpha value is -2.65. The van der Waals surface area contributed by atoms with Crippen LogP contribution in [-0.2, 0) is 10.5 Å². The van der Waals surface area contributed by atoms with Gasteiger partial charge in [0.2, 0.25) is 11.7 Å². The lowest BCUT2D eigenvalue weighted by Gasteiger charge is -2.14. The average Bonchev–Trinajstić information content (AvgIpc) is 3.38. The topological polar surface area (TPSA) is 82.8 Å². The van der Waals surface area contributed by atoms with Crippen molar-refractivity contribution in [3.63, 3.8) is 0 Å². The van der Waals surface area contributed by atoms with Gasteiger partial charge in [0.15, 0.2) is 22.3 Å². The molecule has 0 radical (unpaired) electrons. The molecule has 1 aromatic carbocycles. The summed E-state index contributed by atoms with van der Waals surface area (Å²) < 4.78 is 21.2. The summed E-state index contributed by atoms with van der Waals surface area (Å²) in [5, 5.41) is 5.66. The number of hydrogen-bond donors (Lipinski definition) is 1. The molecule has 148 valence electrons. The third-order valence-corrected chi connectivity index (χ3v) is 5.59. The number of nitrogens with one attached hydrogen (secondary N) is 1. The van der Waals surface area contributed by atoms with Crippen LogP contribution in [0.15, 0.2) is 40.3 Å². The molecule has 0 aliphatic rings. The van der Waals surface area contributed by atoms with E-state index in [1.54, 1.807) is 18.4 Å². The van der Waals surface area contributed by atoms with E-state index in [1.807, 2.05) is 17.5 Å². The van der Waals surface area contributed by atoms with Gasteiger partial charge in [0.25, 0.3) is 0 Å². The van der Waals surface area contributed by atoms with Gasteiger partial charge in [-0.3, -0.25) is 4.79 Å². The summed E-state index contributed by atoms with van der Waals surface area (Å²) in [6.45, 7) is 0. The van der Waals surface area contributed by atoms with Crippen LogP contribution < -0.4 is 19.5 Å². The Balaban J connectivity index is 1.55. The van der Waals surface area contributed by atoms with Crippen molar-refractivity contribution in [2.45, 2.75) is 5.75 Å². The molecular weight excluding hydrogens is 400 g/mol. The summed E-state index contributed by atoms with van der Waals surface area (Å²) in [5.74, 6) is 3.01. The number of hydrogen-bond acceptors (Lipinski definition) is 8. The summed E-state index contributed by atoms with van der Waals surface area (Å²) in [6.07, 6.45) is 1.62. The number of nitrogens with zero attached hydrogens (tertiary/aromatic N) is 1. The van der Waals surface area contributed by atoms with Crippen molar-refractivity contribution >= 4 is 34.7 Å². The molecule has 28 heavy (non-hydrogen) atoms. The number of benzene rings is 1. The Bertz CT molecular complexity index is 899. The molecule has 0 fully saturated rings. The third kappa shape index (κ3) is 4.79. The number of furan rings is 1. The summed E-state index contributed by atoms with van der Waals surface area (Å²) >= 11 is 3.01. The van der Waals surface area contributed by atoms with Gasteiger partial charge in [-0.2, -0.15) is 0 Å². The molecule has 0 aliphatic carbocycles. The number of rotatable bonds is 9. The molecule has 0 unspecified atom stereocenters. The van der Waals surface area contributed by atoms with E-state index in [9.17, 15) is 4.79 Å². The number of carbonyl (C=O) groups excluding carboxylic acids is 1. The molecule has 0 saturated carbocycles. The molecule has 1 N–H and O–H groups in total. The van der Waals surface area contributed by atoms with Gasteiger partial charge in [0.1, 0.15) is 0 Å². The predicted octanol–water partition coefficient (Wildman–Crippen LogP) is 4.30. The fraction of sp³-hybridized carbons (Fsp3) is 0.263. The fourth-order valence-corrected chi connectivity index (χ4v) is 4.09. The highest BCUT2D eigenvalue weighted by atomic mass is 32.2. The minimum absolute atomic E-state index is 0.124. The molecule has 1 amide bonds. The van der Waals surface area contributed by atoms with Crippen molar-refractivity contribution in [3.05, 3.63) is 41.6 Å². The standard InChI is InChI=1S/C19H20N2O5S2/c1-23-15-7-12(8-16(24-2)18(15)25-3)20-17(22)11-27-9-13-10-28-19(21-13)14-5-4-6-26-14/h4-8,10H,9,11H2,1-3H3,(H,20,22). The largest absolute Gasteiger partial charge is 0.493 e. The highest BCUT2D eigenvalue weighted by Crippen LogP contribution is 2.40. The van der Waals surface area contributed by atoms with Crippen molar-refractivity contribution in [3.8, 4) is 28.0 Å². The van der Waals surface area contributed by atoms with E-state index >= 15 is 0 Å². The summed E-state index contributed by atoms with van der Waals surface area (Å²) in [7, 11) is 4.60. The van der Waals surface area contributed by atoms with E-state index in [1.165, 1.54) is 44.4 Å². The van der Waals surface area contributed by atoms with E-state index in [0.717, 1.165) is 16.5 Å². The van der Waals surface area contributed by atoms with E-state index < -0.39 is 0 Å². The van der Waals surface area contributed by atoms with Crippen molar-refractivity contribution in [2.24, 2.45) is 0 Å². The zero-order valence-electron chi connectivity index (χ0n) is 15.7. The summed E-state index contributed by atoms with van der Waals surface area (Å²) in [6, 6.07) is 7.10. The lowest BCUT2D eigenvalue weighted by Crippen LogP contribution is -2.14. The number of aromatic nitrogens is 1. The molecule has 0 spiro atoms. The average molecular weight is 421 g/mol. The van der Waals surface area contributed by atoms with Crippen LogP contribution in [-0.4, -0.2) is 38.0 Å². The number of amides is 1. The smallest absolute Gasteiger partial charge is 0.234 e. The van der Waals surface area contributed by atoms with Crippen LogP contribution in [0.5, 0.6) is 17.2 Å². The predicted molar refractivity (Wildman–Crippen MR) is 111 cm³/mol. The van der Waals surface area contributed by atoms with Crippen molar-refractivity contribution in [2.75, 3.05) is 32.4 Å². The number of thioether (sulfide) groups is 1. The molecule has 3 aromatic rings. The van der Waals surface area contributed by atoms with Gasteiger partial charge in [-0.25, -0.2) is 4.98 Å². The second-order valence-electron chi connectivity index (χ2n) is 5.58. The Morgan fingerprint density at radius 3 is 2.57 bits per heavy atom. The van der Waals surface area contributed by atoms with Crippen LogP contribution in [0.3, 0.4) is 0 Å². The number of carbonyl (C=O) groups is 1. The summed E-state index contributed by atoms with van der Waals surface area (Å²) in [4.78, 5) is 16.8. The number of ether oxygens (including phenoxy) is 3. The number of methoxy groups -OCH3 is 3. The highest BCUT2D eigenvalue weighted by Gasteiger charge is 2.15. The number of thiazole rings is 1. The Morgan fingerprint density at radius 2 is 1.96 bits per heavy atom. The van der Waals surface area contributed by atoms with E-state index in [4.69, 9.17) is 18.6 Å². The minimum atomic E-state index is -0.124. The van der Waals surface area contributed by atoms with Crippen molar-refractivity contribution in [1.29, 1.82) is 0 Å². The fourth-order valence-electron chi connectivity index (χ4n) is 2.49. The van der Waals surface area contributed by atoms with Crippen LogP contribution in [0.4, 0.5) is 5.69 Å². The molecule has 2 aromatic heterocycles.